The number of benzene rings is 3. The first-order valence-corrected chi connectivity index (χ1v) is 14.2. The fourth-order valence-electron chi connectivity index (χ4n) is 5.58. The first-order valence-electron chi connectivity index (χ1n) is 14.2. The lowest BCUT2D eigenvalue weighted by Crippen LogP contribution is -2.63. The van der Waals surface area contributed by atoms with E-state index in [2.05, 4.69) is 0 Å². The topological polar surface area (TPSA) is 102 Å². The lowest BCUT2D eigenvalue weighted by Gasteiger charge is -2.43. The largest absolute Gasteiger partial charge is 0.497 e. The summed E-state index contributed by atoms with van der Waals surface area (Å²) in [4.78, 5) is 29.9. The standard InChI is InChI=1S/C33H41N2O9/c1-38-25-10-8-22(9-11-25)12-15-35(33(37)24-20-28(41-4)31(44-7)29(21-24)42-5)16-13-34(14-17-35)32(36)23-18-26(39-2)30(43-6)27(19-23)40-3/h8-11,18-21H,12-17H2,1-7H3/q+1. The van der Waals surface area contributed by atoms with Gasteiger partial charge in [-0.3, -0.25) is 9.28 Å². The van der Waals surface area contributed by atoms with Crippen molar-refractivity contribution in [1.82, 2.24) is 4.90 Å². The van der Waals surface area contributed by atoms with Gasteiger partial charge in [-0.1, -0.05) is 12.1 Å². The highest BCUT2D eigenvalue weighted by Crippen LogP contribution is 2.40. The molecule has 1 fully saturated rings. The molecule has 11 heteroatoms. The van der Waals surface area contributed by atoms with Crippen LogP contribution in [0.5, 0.6) is 40.2 Å². The maximum absolute atomic E-state index is 14.4. The molecule has 44 heavy (non-hydrogen) atoms. The van der Waals surface area contributed by atoms with Crippen molar-refractivity contribution in [2.24, 2.45) is 0 Å². The van der Waals surface area contributed by atoms with E-state index in [1.807, 2.05) is 24.3 Å². The molecule has 0 atom stereocenters. The van der Waals surface area contributed by atoms with E-state index in [0.29, 0.717) is 84.8 Å². The molecule has 1 saturated heterocycles. The zero-order chi connectivity index (χ0) is 31.9. The third-order valence-corrected chi connectivity index (χ3v) is 8.12. The first-order chi connectivity index (χ1) is 21.3. The number of carbonyl (C=O) groups is 2. The van der Waals surface area contributed by atoms with Crippen LogP contribution in [0.15, 0.2) is 48.5 Å². The molecule has 0 aliphatic carbocycles. The van der Waals surface area contributed by atoms with E-state index < -0.39 is 0 Å². The molecule has 0 N–H and O–H groups in total. The highest BCUT2D eigenvalue weighted by Gasteiger charge is 2.42. The number of methoxy groups -OCH3 is 7. The molecule has 1 aliphatic heterocycles. The summed E-state index contributed by atoms with van der Waals surface area (Å²) in [7, 11) is 10.7. The number of piperazine rings is 1. The molecule has 11 nitrogen and oxygen atoms in total. The second kappa shape index (κ2) is 14.2. The molecule has 0 spiro atoms. The van der Waals surface area contributed by atoms with Gasteiger partial charge in [-0.05, 0) is 29.8 Å². The minimum absolute atomic E-state index is 0.0855. The summed E-state index contributed by atoms with van der Waals surface area (Å²) in [5, 5.41) is 0. The number of hydrogen-bond donors (Lipinski definition) is 0. The molecule has 2 amide bonds. The third-order valence-electron chi connectivity index (χ3n) is 8.12. The Hall–Kier alpha value is -4.64. The van der Waals surface area contributed by atoms with Crippen molar-refractivity contribution < 1.29 is 47.2 Å². The average Bonchev–Trinajstić information content (AvgIpc) is 3.08. The van der Waals surface area contributed by atoms with Crippen molar-refractivity contribution in [1.29, 1.82) is 0 Å². The molecule has 3 aromatic rings. The second-order valence-corrected chi connectivity index (χ2v) is 10.3. The van der Waals surface area contributed by atoms with Crippen LogP contribution in [-0.2, 0) is 6.42 Å². The highest BCUT2D eigenvalue weighted by atomic mass is 16.5. The van der Waals surface area contributed by atoms with E-state index in [4.69, 9.17) is 33.2 Å². The smallest absolute Gasteiger partial charge is 0.346 e. The Morgan fingerprint density at radius 2 is 1.09 bits per heavy atom. The zero-order valence-corrected chi connectivity index (χ0v) is 26.4. The highest BCUT2D eigenvalue weighted by molar-refractivity contribution is 5.96. The summed E-state index contributed by atoms with van der Waals surface area (Å²) in [5.74, 6) is 2.93. The van der Waals surface area contributed by atoms with Crippen LogP contribution in [0.4, 0.5) is 0 Å². The summed E-state index contributed by atoms with van der Waals surface area (Å²) in [6.07, 6.45) is 0.654. The van der Waals surface area contributed by atoms with Crippen LogP contribution in [0.1, 0.15) is 26.3 Å². The second-order valence-electron chi connectivity index (χ2n) is 10.3. The van der Waals surface area contributed by atoms with Gasteiger partial charge in [0.15, 0.2) is 23.0 Å². The minimum Gasteiger partial charge on any atom is -0.497 e. The maximum atomic E-state index is 14.4. The lowest BCUT2D eigenvalue weighted by molar-refractivity contribution is -0.853. The van der Waals surface area contributed by atoms with Gasteiger partial charge in [0.05, 0.1) is 75.0 Å². The molecule has 1 heterocycles. The number of hydrogen-bond acceptors (Lipinski definition) is 9. The monoisotopic (exact) mass is 609 g/mol. The molecular formula is C33H41N2O9+. The van der Waals surface area contributed by atoms with Gasteiger partial charge in [-0.25, -0.2) is 4.79 Å². The number of rotatable bonds is 12. The van der Waals surface area contributed by atoms with Gasteiger partial charge in [-0.2, -0.15) is 0 Å². The number of quaternary nitrogens is 1. The van der Waals surface area contributed by atoms with Crippen LogP contribution in [0.2, 0.25) is 0 Å². The van der Waals surface area contributed by atoms with E-state index in [-0.39, 0.29) is 16.3 Å². The number of amides is 2. The summed E-state index contributed by atoms with van der Waals surface area (Å²) in [6, 6.07) is 14.5. The van der Waals surface area contributed by atoms with Gasteiger partial charge < -0.3 is 38.1 Å². The molecule has 0 aromatic heterocycles. The summed E-state index contributed by atoms with van der Waals surface area (Å²) in [5.41, 5.74) is 1.93. The zero-order valence-electron chi connectivity index (χ0n) is 26.4. The van der Waals surface area contributed by atoms with Crippen LogP contribution in [0, 0.1) is 0 Å². The molecule has 236 valence electrons. The Morgan fingerprint density at radius 3 is 1.50 bits per heavy atom. The summed E-state index contributed by atoms with van der Waals surface area (Å²) in [6.45, 7) is 2.11. The quantitative estimate of drug-likeness (QED) is 0.281. The van der Waals surface area contributed by atoms with Crippen molar-refractivity contribution in [3.63, 3.8) is 0 Å². The van der Waals surface area contributed by atoms with Gasteiger partial charge in [0.2, 0.25) is 11.5 Å². The molecule has 4 rings (SSSR count). The van der Waals surface area contributed by atoms with E-state index in [1.54, 1.807) is 36.3 Å². The minimum atomic E-state index is -0.183. The number of nitrogens with zero attached hydrogens (tertiary/aromatic N) is 2. The normalized spacial score (nSPS) is 13.9. The first kappa shape index (κ1) is 32.3. The van der Waals surface area contributed by atoms with E-state index in [9.17, 15) is 9.59 Å². The Morgan fingerprint density at radius 1 is 0.636 bits per heavy atom. The molecule has 0 unspecified atom stereocenters. The molecular weight excluding hydrogens is 568 g/mol. The SMILES string of the molecule is COc1ccc(CC[N+]2(C(=O)c3cc(OC)c(OC)c(OC)c3)CCN(C(=O)c3cc(OC)c(OC)c(OC)c3)CC2)cc1. The Bertz CT molecular complexity index is 1410. The fourth-order valence-corrected chi connectivity index (χ4v) is 5.58. The van der Waals surface area contributed by atoms with Crippen LogP contribution in [0.3, 0.4) is 0 Å². The molecule has 0 radical (unpaired) electrons. The Balaban J connectivity index is 1.64. The predicted octanol–water partition coefficient (Wildman–Crippen LogP) is 4.10. The van der Waals surface area contributed by atoms with Crippen molar-refractivity contribution >= 4 is 11.8 Å². The Kier molecular flexibility index (Phi) is 10.4. The third kappa shape index (κ3) is 6.47. The summed E-state index contributed by atoms with van der Waals surface area (Å²) < 4.78 is 38.3. The van der Waals surface area contributed by atoms with Gasteiger partial charge >= 0.3 is 5.91 Å². The fraction of sp³-hybridized carbons (Fsp3) is 0.394. The molecule has 0 saturated carbocycles. The van der Waals surface area contributed by atoms with Crippen LogP contribution in [-0.4, -0.2) is 104 Å². The van der Waals surface area contributed by atoms with Crippen LogP contribution < -0.4 is 33.2 Å². The van der Waals surface area contributed by atoms with Gasteiger partial charge in [0.1, 0.15) is 18.8 Å². The van der Waals surface area contributed by atoms with Crippen molar-refractivity contribution in [3.8, 4) is 40.2 Å². The average molecular weight is 610 g/mol. The van der Waals surface area contributed by atoms with Crippen LogP contribution >= 0.6 is 0 Å². The van der Waals surface area contributed by atoms with Gasteiger partial charge in [0, 0.05) is 24.1 Å². The van der Waals surface area contributed by atoms with Crippen molar-refractivity contribution in [2.75, 3.05) is 82.5 Å². The van der Waals surface area contributed by atoms with Crippen molar-refractivity contribution in [2.45, 2.75) is 6.42 Å². The van der Waals surface area contributed by atoms with Gasteiger partial charge in [0.25, 0.3) is 5.91 Å². The molecule has 3 aromatic carbocycles. The van der Waals surface area contributed by atoms with E-state index in [0.717, 1.165) is 11.3 Å². The van der Waals surface area contributed by atoms with E-state index in [1.165, 1.54) is 42.7 Å². The van der Waals surface area contributed by atoms with Crippen LogP contribution in [0.25, 0.3) is 0 Å². The number of carbonyl (C=O) groups excluding carboxylic acids is 2. The maximum Gasteiger partial charge on any atom is 0.346 e. The van der Waals surface area contributed by atoms with E-state index >= 15 is 0 Å². The Labute approximate surface area is 258 Å². The molecule has 1 aliphatic rings. The number of ether oxygens (including phenoxy) is 7. The predicted molar refractivity (Wildman–Crippen MR) is 164 cm³/mol. The van der Waals surface area contributed by atoms with Crippen molar-refractivity contribution in [3.05, 3.63) is 65.2 Å². The summed E-state index contributed by atoms with van der Waals surface area (Å²) >= 11 is 0. The lowest BCUT2D eigenvalue weighted by atomic mass is 10.0. The van der Waals surface area contributed by atoms with Gasteiger partial charge in [-0.15, -0.1) is 0 Å². The molecule has 0 bridgehead atoms.